The van der Waals surface area contributed by atoms with Crippen molar-refractivity contribution in [3.63, 3.8) is 0 Å². The molecule has 0 saturated carbocycles. The molecule has 4 nitrogen and oxygen atoms in total. The van der Waals surface area contributed by atoms with Gasteiger partial charge in [0.15, 0.2) is 0 Å². The fourth-order valence-corrected chi connectivity index (χ4v) is 3.00. The molecule has 0 radical (unpaired) electrons. The molecule has 6 heteroatoms. The average molecular weight is 369 g/mol. The van der Waals surface area contributed by atoms with Crippen LogP contribution in [0.2, 0.25) is 0 Å². The summed E-state index contributed by atoms with van der Waals surface area (Å²) in [6.07, 6.45) is 4.83. The maximum Gasteiger partial charge on any atom is 0.224 e. The molecular weight excluding hydrogens is 344 g/mol. The van der Waals surface area contributed by atoms with Crippen molar-refractivity contribution in [3.8, 4) is 5.75 Å². The second-order valence-electron chi connectivity index (χ2n) is 5.35. The van der Waals surface area contributed by atoms with Crippen molar-refractivity contribution < 1.29 is 9.53 Å². The highest BCUT2D eigenvalue weighted by Gasteiger charge is 2.03. The van der Waals surface area contributed by atoms with E-state index >= 15 is 0 Å². The van der Waals surface area contributed by atoms with E-state index in [0.29, 0.717) is 19.6 Å². The minimum atomic E-state index is 0. The molecule has 0 spiro atoms. The highest BCUT2D eigenvalue weighted by molar-refractivity contribution is 7.09. The summed E-state index contributed by atoms with van der Waals surface area (Å²) in [4.78, 5) is 13.3. The fraction of sp³-hybridized carbons (Fsp3) is 0.389. The Morgan fingerprint density at radius 1 is 1.12 bits per heavy atom. The topological polar surface area (TPSA) is 64.3 Å². The number of hydrogen-bond donors (Lipinski definition) is 2. The van der Waals surface area contributed by atoms with Gasteiger partial charge < -0.3 is 15.8 Å². The molecule has 24 heavy (non-hydrogen) atoms. The number of amides is 1. The first-order valence-electron chi connectivity index (χ1n) is 8.03. The summed E-state index contributed by atoms with van der Waals surface area (Å²) in [5.74, 6) is 0.832. The van der Waals surface area contributed by atoms with Gasteiger partial charge in [-0.3, -0.25) is 4.79 Å². The predicted molar refractivity (Wildman–Crippen MR) is 103 cm³/mol. The number of aryl methyl sites for hydroxylation is 1. The molecule has 2 rings (SSSR count). The number of halogens is 1. The lowest BCUT2D eigenvalue weighted by atomic mass is 10.1. The lowest BCUT2D eigenvalue weighted by Crippen LogP contribution is -2.12. The van der Waals surface area contributed by atoms with E-state index in [1.54, 1.807) is 11.3 Å². The molecule has 132 valence electrons. The zero-order valence-corrected chi connectivity index (χ0v) is 15.3. The van der Waals surface area contributed by atoms with E-state index < -0.39 is 0 Å². The van der Waals surface area contributed by atoms with Crippen molar-refractivity contribution in [3.05, 3.63) is 46.7 Å². The van der Waals surface area contributed by atoms with Gasteiger partial charge in [0.1, 0.15) is 12.4 Å². The zero-order valence-electron chi connectivity index (χ0n) is 13.7. The fourth-order valence-electron chi connectivity index (χ4n) is 2.25. The van der Waals surface area contributed by atoms with Crippen LogP contribution in [0, 0.1) is 0 Å². The van der Waals surface area contributed by atoms with Crippen molar-refractivity contribution in [1.29, 1.82) is 0 Å². The molecule has 0 fully saturated rings. The Balaban J connectivity index is 0.00000288. The van der Waals surface area contributed by atoms with Gasteiger partial charge in [-0.25, -0.2) is 0 Å². The first-order valence-corrected chi connectivity index (χ1v) is 8.91. The monoisotopic (exact) mass is 368 g/mol. The first kappa shape index (κ1) is 20.5. The Bertz CT molecular complexity index is 573. The highest BCUT2D eigenvalue weighted by Crippen LogP contribution is 2.16. The Morgan fingerprint density at radius 2 is 1.92 bits per heavy atom. The van der Waals surface area contributed by atoms with Crippen molar-refractivity contribution in [2.75, 3.05) is 18.5 Å². The summed E-state index contributed by atoms with van der Waals surface area (Å²) < 4.78 is 5.40. The number of thiophene rings is 1. The van der Waals surface area contributed by atoms with Gasteiger partial charge in [-0.2, -0.15) is 0 Å². The summed E-state index contributed by atoms with van der Waals surface area (Å²) in [5, 5.41) is 5.02. The smallest absolute Gasteiger partial charge is 0.224 e. The van der Waals surface area contributed by atoms with Crippen LogP contribution in [0.25, 0.3) is 0 Å². The number of carbonyl (C=O) groups is 1. The number of ether oxygens (including phenoxy) is 1. The minimum absolute atomic E-state index is 0. The third-order valence-corrected chi connectivity index (χ3v) is 4.37. The molecule has 1 aromatic carbocycles. The largest absolute Gasteiger partial charge is 0.492 e. The van der Waals surface area contributed by atoms with Crippen molar-refractivity contribution in [2.45, 2.75) is 32.1 Å². The van der Waals surface area contributed by atoms with Gasteiger partial charge in [0.2, 0.25) is 5.91 Å². The molecule has 2 aromatic rings. The Hall–Kier alpha value is -1.56. The molecule has 0 aliphatic carbocycles. The SMILES string of the molecule is Cl.NCCOc1ccc(NC(=O)CCCCCc2cccs2)cc1. The lowest BCUT2D eigenvalue weighted by Gasteiger charge is -2.07. The van der Waals surface area contributed by atoms with Crippen LogP contribution < -0.4 is 15.8 Å². The number of anilines is 1. The average Bonchev–Trinajstić information content (AvgIpc) is 3.07. The van der Waals surface area contributed by atoms with Gasteiger partial charge in [-0.1, -0.05) is 12.5 Å². The van der Waals surface area contributed by atoms with E-state index in [0.717, 1.165) is 37.1 Å². The normalized spacial score (nSPS) is 10.0. The molecule has 1 amide bonds. The summed E-state index contributed by atoms with van der Waals surface area (Å²) >= 11 is 1.80. The highest BCUT2D eigenvalue weighted by atomic mass is 35.5. The third-order valence-electron chi connectivity index (χ3n) is 3.43. The van der Waals surface area contributed by atoms with Crippen LogP contribution in [0.5, 0.6) is 5.75 Å². The van der Waals surface area contributed by atoms with E-state index in [2.05, 4.69) is 22.8 Å². The van der Waals surface area contributed by atoms with E-state index in [-0.39, 0.29) is 18.3 Å². The molecular formula is C18H25ClN2O2S. The number of nitrogens with one attached hydrogen (secondary N) is 1. The minimum Gasteiger partial charge on any atom is -0.492 e. The molecule has 3 N–H and O–H groups in total. The van der Waals surface area contributed by atoms with Crippen LogP contribution in [-0.4, -0.2) is 19.1 Å². The van der Waals surface area contributed by atoms with Crippen LogP contribution in [0.4, 0.5) is 5.69 Å². The van der Waals surface area contributed by atoms with Gasteiger partial charge in [0.05, 0.1) is 0 Å². The van der Waals surface area contributed by atoms with E-state index in [9.17, 15) is 4.79 Å². The quantitative estimate of drug-likeness (QED) is 0.616. The molecule has 1 aromatic heterocycles. The van der Waals surface area contributed by atoms with E-state index in [1.165, 1.54) is 4.88 Å². The molecule has 0 unspecified atom stereocenters. The Morgan fingerprint density at radius 3 is 2.58 bits per heavy atom. The molecule has 0 aliphatic rings. The molecule has 0 saturated heterocycles. The van der Waals surface area contributed by atoms with E-state index in [1.807, 2.05) is 24.3 Å². The summed E-state index contributed by atoms with van der Waals surface area (Å²) in [6, 6.07) is 11.6. The van der Waals surface area contributed by atoms with Crippen LogP contribution in [0.15, 0.2) is 41.8 Å². The number of rotatable bonds is 10. The second-order valence-corrected chi connectivity index (χ2v) is 6.38. The number of carbonyl (C=O) groups excluding carboxylic acids is 1. The predicted octanol–water partition coefficient (Wildman–Crippen LogP) is 4.25. The van der Waals surface area contributed by atoms with Crippen LogP contribution >= 0.6 is 23.7 Å². The van der Waals surface area contributed by atoms with Crippen LogP contribution in [0.3, 0.4) is 0 Å². The standard InChI is InChI=1S/C18H24N2O2S.ClH/c19-12-13-22-16-10-8-15(9-11-16)20-18(21)7-3-1-2-5-17-6-4-14-23-17;/h4,6,8-11,14H,1-3,5,7,12-13,19H2,(H,20,21);1H. The number of hydrogen-bond acceptors (Lipinski definition) is 4. The summed E-state index contributed by atoms with van der Waals surface area (Å²) in [7, 11) is 0. The maximum absolute atomic E-state index is 11.9. The number of benzene rings is 1. The maximum atomic E-state index is 11.9. The van der Waals surface area contributed by atoms with Gasteiger partial charge in [0.25, 0.3) is 0 Å². The molecule has 0 atom stereocenters. The molecule has 1 heterocycles. The van der Waals surface area contributed by atoms with Crippen molar-refractivity contribution >= 4 is 35.3 Å². The second kappa shape index (κ2) is 11.9. The van der Waals surface area contributed by atoms with Gasteiger partial charge in [-0.05, 0) is 55.0 Å². The van der Waals surface area contributed by atoms with Crippen LogP contribution in [0.1, 0.15) is 30.6 Å². The Labute approximate surface area is 153 Å². The third kappa shape index (κ3) is 7.81. The molecule has 0 bridgehead atoms. The first-order chi connectivity index (χ1) is 11.3. The number of nitrogens with two attached hydrogens (primary N) is 1. The van der Waals surface area contributed by atoms with Crippen molar-refractivity contribution in [2.24, 2.45) is 5.73 Å². The Kier molecular flexibility index (Phi) is 10.2. The van der Waals surface area contributed by atoms with Crippen molar-refractivity contribution in [1.82, 2.24) is 0 Å². The van der Waals surface area contributed by atoms with E-state index in [4.69, 9.17) is 10.5 Å². The number of unbranched alkanes of at least 4 members (excludes halogenated alkanes) is 2. The van der Waals surface area contributed by atoms with Crippen LogP contribution in [-0.2, 0) is 11.2 Å². The van der Waals surface area contributed by atoms with Gasteiger partial charge >= 0.3 is 0 Å². The zero-order chi connectivity index (χ0) is 16.3. The van der Waals surface area contributed by atoms with Gasteiger partial charge in [-0.15, -0.1) is 23.7 Å². The van der Waals surface area contributed by atoms with Gasteiger partial charge in [0, 0.05) is 23.5 Å². The summed E-state index contributed by atoms with van der Waals surface area (Å²) in [5.41, 5.74) is 6.19. The lowest BCUT2D eigenvalue weighted by molar-refractivity contribution is -0.116. The molecule has 0 aliphatic heterocycles. The summed E-state index contributed by atoms with van der Waals surface area (Å²) in [6.45, 7) is 0.988.